The smallest absolute Gasteiger partial charge is 0.238 e. The van der Waals surface area contributed by atoms with Crippen LogP contribution in [0.2, 0.25) is 0 Å². The van der Waals surface area contributed by atoms with Crippen LogP contribution < -0.4 is 5.73 Å². The third-order valence-electron chi connectivity index (χ3n) is 3.51. The number of nitrogens with zero attached hydrogens (tertiary/aromatic N) is 1. The number of nitrogens with two attached hydrogens (primary N) is 1. The lowest BCUT2D eigenvalue weighted by Crippen LogP contribution is -2.51. The second-order valence-electron chi connectivity index (χ2n) is 4.88. The van der Waals surface area contributed by atoms with Crippen LogP contribution in [-0.4, -0.2) is 29.8 Å². The summed E-state index contributed by atoms with van der Waals surface area (Å²) in [5.41, 5.74) is 4.36. The van der Waals surface area contributed by atoms with Crippen LogP contribution in [-0.2, 0) is 9.59 Å². The zero-order valence-electron chi connectivity index (χ0n) is 13.0. The molecule has 0 aliphatic heterocycles. The Kier molecular flexibility index (Phi) is 8.61. The minimum atomic E-state index is -1.20. The highest BCUT2D eigenvalue weighted by atomic mass is 16.2. The molecule has 0 saturated carbocycles. The molecule has 0 rings (SSSR count). The molecule has 0 aromatic carbocycles. The monoisotopic (exact) mass is 280 g/mol. The second kappa shape index (κ2) is 9.34. The first kappa shape index (κ1) is 18.4. The summed E-state index contributed by atoms with van der Waals surface area (Å²) in [5, 5.41) is 0. The predicted octanol–water partition coefficient (Wildman–Crippen LogP) is 2.65. The Balaban J connectivity index is 5.35. The molecule has 0 heterocycles. The standard InChI is InChI=1S/C16H28N2O2/c1-5-9-10-11-13-16(12-6-2,14(17)19)15(20)18(7-3)8-4/h6,10-11H,2,5,7-9,12-13H2,1,3-4H3,(H2,17,19). The maximum atomic E-state index is 12.7. The van der Waals surface area contributed by atoms with Crippen molar-refractivity contribution < 1.29 is 9.59 Å². The fourth-order valence-corrected chi connectivity index (χ4v) is 2.19. The first-order valence-electron chi connectivity index (χ1n) is 7.35. The predicted molar refractivity (Wildman–Crippen MR) is 83.0 cm³/mol. The molecule has 0 aromatic rings. The summed E-state index contributed by atoms with van der Waals surface area (Å²) in [5.74, 6) is -0.772. The molecule has 4 heteroatoms. The summed E-state index contributed by atoms with van der Waals surface area (Å²) in [6.45, 7) is 10.7. The summed E-state index contributed by atoms with van der Waals surface area (Å²) in [4.78, 5) is 26.3. The second-order valence-corrected chi connectivity index (χ2v) is 4.88. The Morgan fingerprint density at radius 3 is 2.15 bits per heavy atom. The van der Waals surface area contributed by atoms with E-state index in [4.69, 9.17) is 5.73 Å². The molecule has 0 aliphatic carbocycles. The Labute approximate surface area is 122 Å². The van der Waals surface area contributed by atoms with E-state index in [0.29, 0.717) is 19.5 Å². The van der Waals surface area contributed by atoms with Crippen LogP contribution >= 0.6 is 0 Å². The van der Waals surface area contributed by atoms with E-state index >= 15 is 0 Å². The molecule has 0 fully saturated rings. The van der Waals surface area contributed by atoms with Crippen molar-refractivity contribution in [3.05, 3.63) is 24.8 Å². The third-order valence-corrected chi connectivity index (χ3v) is 3.51. The number of carbonyl (C=O) groups excluding carboxylic acids is 2. The van der Waals surface area contributed by atoms with Crippen LogP contribution in [0.5, 0.6) is 0 Å². The molecule has 0 aromatic heterocycles. The van der Waals surface area contributed by atoms with Gasteiger partial charge in [-0.05, 0) is 33.1 Å². The van der Waals surface area contributed by atoms with Crippen LogP contribution in [0.15, 0.2) is 24.8 Å². The lowest BCUT2D eigenvalue weighted by molar-refractivity contribution is -0.148. The minimum Gasteiger partial charge on any atom is -0.369 e. The van der Waals surface area contributed by atoms with E-state index in [1.807, 2.05) is 26.0 Å². The topological polar surface area (TPSA) is 63.4 Å². The molecule has 114 valence electrons. The van der Waals surface area contributed by atoms with Crippen LogP contribution in [0, 0.1) is 5.41 Å². The van der Waals surface area contributed by atoms with Gasteiger partial charge in [-0.15, -0.1) is 6.58 Å². The van der Waals surface area contributed by atoms with Crippen LogP contribution in [0.4, 0.5) is 0 Å². The Bertz CT molecular complexity index is 359. The number of allylic oxidation sites excluding steroid dienone is 3. The van der Waals surface area contributed by atoms with Gasteiger partial charge in [0, 0.05) is 13.1 Å². The summed E-state index contributed by atoms with van der Waals surface area (Å²) < 4.78 is 0. The highest BCUT2D eigenvalue weighted by molar-refractivity contribution is 6.04. The van der Waals surface area contributed by atoms with Crippen LogP contribution in [0.1, 0.15) is 46.5 Å². The third kappa shape index (κ3) is 4.51. The largest absolute Gasteiger partial charge is 0.369 e. The zero-order valence-corrected chi connectivity index (χ0v) is 13.0. The van der Waals surface area contributed by atoms with Crippen LogP contribution in [0.3, 0.4) is 0 Å². The number of hydrogen-bond donors (Lipinski definition) is 1. The van der Waals surface area contributed by atoms with Gasteiger partial charge in [-0.1, -0.05) is 31.6 Å². The summed E-state index contributed by atoms with van der Waals surface area (Å²) >= 11 is 0. The van der Waals surface area contributed by atoms with Crippen molar-refractivity contribution in [2.75, 3.05) is 13.1 Å². The zero-order chi connectivity index (χ0) is 15.6. The van der Waals surface area contributed by atoms with Gasteiger partial charge in [0.2, 0.25) is 11.8 Å². The number of carbonyl (C=O) groups is 2. The van der Waals surface area contributed by atoms with E-state index in [1.54, 1.807) is 11.0 Å². The number of hydrogen-bond acceptors (Lipinski definition) is 2. The normalized spacial score (nSPS) is 13.9. The van der Waals surface area contributed by atoms with Crippen LogP contribution in [0.25, 0.3) is 0 Å². The molecule has 20 heavy (non-hydrogen) atoms. The molecular weight excluding hydrogens is 252 g/mol. The number of unbranched alkanes of at least 4 members (excludes halogenated alkanes) is 1. The average Bonchev–Trinajstić information content (AvgIpc) is 2.43. The number of rotatable bonds is 10. The first-order chi connectivity index (χ1) is 9.49. The van der Waals surface area contributed by atoms with Gasteiger partial charge in [-0.3, -0.25) is 9.59 Å². The van der Waals surface area contributed by atoms with Gasteiger partial charge in [-0.2, -0.15) is 0 Å². The van der Waals surface area contributed by atoms with E-state index in [9.17, 15) is 9.59 Å². The molecule has 0 saturated heterocycles. The number of primary amides is 1. The van der Waals surface area contributed by atoms with Crippen molar-refractivity contribution in [2.45, 2.75) is 46.5 Å². The van der Waals surface area contributed by atoms with Gasteiger partial charge in [-0.25, -0.2) is 0 Å². The molecule has 0 spiro atoms. The van der Waals surface area contributed by atoms with E-state index in [-0.39, 0.29) is 12.3 Å². The molecule has 2 N–H and O–H groups in total. The summed E-state index contributed by atoms with van der Waals surface area (Å²) in [7, 11) is 0. The Morgan fingerprint density at radius 2 is 1.75 bits per heavy atom. The lowest BCUT2D eigenvalue weighted by atomic mass is 9.78. The molecule has 4 nitrogen and oxygen atoms in total. The molecular formula is C16H28N2O2. The van der Waals surface area contributed by atoms with Gasteiger partial charge in [0.25, 0.3) is 0 Å². The van der Waals surface area contributed by atoms with Crippen molar-refractivity contribution >= 4 is 11.8 Å². The SMILES string of the molecule is C=CCC(CC=CCCC)(C(N)=O)C(=O)N(CC)CC. The molecule has 1 atom stereocenters. The van der Waals surface area contributed by atoms with Crippen molar-refractivity contribution in [1.29, 1.82) is 0 Å². The molecule has 0 aliphatic rings. The highest BCUT2D eigenvalue weighted by Crippen LogP contribution is 2.30. The first-order valence-corrected chi connectivity index (χ1v) is 7.35. The Morgan fingerprint density at radius 1 is 1.15 bits per heavy atom. The van der Waals surface area contributed by atoms with Gasteiger partial charge >= 0.3 is 0 Å². The molecule has 0 radical (unpaired) electrons. The van der Waals surface area contributed by atoms with Gasteiger partial charge < -0.3 is 10.6 Å². The van der Waals surface area contributed by atoms with E-state index in [1.165, 1.54) is 0 Å². The fourth-order valence-electron chi connectivity index (χ4n) is 2.19. The minimum absolute atomic E-state index is 0.198. The van der Waals surface area contributed by atoms with Gasteiger partial charge in [0.15, 0.2) is 0 Å². The molecule has 2 amide bonds. The van der Waals surface area contributed by atoms with Gasteiger partial charge in [0.05, 0.1) is 0 Å². The summed E-state index contributed by atoms with van der Waals surface area (Å²) in [6.07, 6.45) is 8.06. The van der Waals surface area contributed by atoms with E-state index in [0.717, 1.165) is 12.8 Å². The highest BCUT2D eigenvalue weighted by Gasteiger charge is 2.44. The number of amides is 2. The maximum Gasteiger partial charge on any atom is 0.238 e. The van der Waals surface area contributed by atoms with E-state index in [2.05, 4.69) is 13.5 Å². The van der Waals surface area contributed by atoms with E-state index < -0.39 is 11.3 Å². The molecule has 1 unspecified atom stereocenters. The van der Waals surface area contributed by atoms with Crippen molar-refractivity contribution in [2.24, 2.45) is 11.1 Å². The fraction of sp³-hybridized carbons (Fsp3) is 0.625. The van der Waals surface area contributed by atoms with Crippen molar-refractivity contribution in [3.63, 3.8) is 0 Å². The molecule has 0 bridgehead atoms. The van der Waals surface area contributed by atoms with Crippen molar-refractivity contribution in [3.8, 4) is 0 Å². The quantitative estimate of drug-likeness (QED) is 0.494. The summed E-state index contributed by atoms with van der Waals surface area (Å²) in [6, 6.07) is 0. The maximum absolute atomic E-state index is 12.7. The van der Waals surface area contributed by atoms with Crippen molar-refractivity contribution in [1.82, 2.24) is 4.90 Å². The Hall–Kier alpha value is -1.58. The average molecular weight is 280 g/mol. The van der Waals surface area contributed by atoms with Gasteiger partial charge in [0.1, 0.15) is 5.41 Å². The lowest BCUT2D eigenvalue weighted by Gasteiger charge is -2.32.